The summed E-state index contributed by atoms with van der Waals surface area (Å²) in [5.41, 5.74) is 9.99. The summed E-state index contributed by atoms with van der Waals surface area (Å²) in [6, 6.07) is 44.3. The van der Waals surface area contributed by atoms with Crippen LogP contribution in [0.3, 0.4) is 0 Å². The number of nitrogens with zero attached hydrogens (tertiary/aromatic N) is 4. The van der Waals surface area contributed by atoms with Crippen LogP contribution in [-0.2, 0) is 5.41 Å². The van der Waals surface area contributed by atoms with E-state index in [1.54, 1.807) is 5.56 Å². The number of hydrogen-bond donors (Lipinski definition) is 0. The molecule has 0 amide bonds. The van der Waals surface area contributed by atoms with Gasteiger partial charge in [-0.25, -0.2) is 19.8 Å². The summed E-state index contributed by atoms with van der Waals surface area (Å²) in [6.45, 7) is 7.36. The Morgan fingerprint density at radius 2 is 0.938 bits per heavy atom. The summed E-state index contributed by atoms with van der Waals surface area (Å²) in [5, 5.41) is 0. The maximum absolute atomic E-state index is 7.36. The van der Waals surface area contributed by atoms with E-state index in [0.717, 1.165) is 45.6 Å². The number of hydrogen-bond acceptors (Lipinski definition) is 3. The quantitative estimate of drug-likeness (QED) is 0.174. The number of rotatable bonds is 6. The first-order valence-electron chi connectivity index (χ1n) is 17.2. The lowest BCUT2D eigenvalue weighted by Gasteiger charge is -2.57. The largest absolute Gasteiger partial charge is 0.238 e. The lowest BCUT2D eigenvalue weighted by Crippen LogP contribution is -2.48. The van der Waals surface area contributed by atoms with Crippen LogP contribution in [0.2, 0.25) is 0 Å². The third-order valence-electron chi connectivity index (χ3n) is 11.1. The van der Waals surface area contributed by atoms with Crippen LogP contribution in [0.25, 0.3) is 61.3 Å². The smallest absolute Gasteiger partial charge is 0.187 e. The van der Waals surface area contributed by atoms with Gasteiger partial charge in [-0.15, -0.1) is 0 Å². The highest BCUT2D eigenvalue weighted by molar-refractivity contribution is 5.86. The molecule has 4 heteroatoms. The molecule has 4 fully saturated rings. The molecule has 4 bridgehead atoms. The normalized spacial score (nSPS) is 22.4. The van der Waals surface area contributed by atoms with Gasteiger partial charge >= 0.3 is 0 Å². The van der Waals surface area contributed by atoms with E-state index in [-0.39, 0.29) is 0 Å². The second-order valence-electron chi connectivity index (χ2n) is 14.2. The van der Waals surface area contributed by atoms with Gasteiger partial charge in [-0.05, 0) is 95.6 Å². The first-order valence-corrected chi connectivity index (χ1v) is 17.2. The van der Waals surface area contributed by atoms with E-state index >= 15 is 0 Å². The third-order valence-corrected chi connectivity index (χ3v) is 11.1. The lowest BCUT2D eigenvalue weighted by molar-refractivity contribution is -0.00518. The Morgan fingerprint density at radius 1 is 0.479 bits per heavy atom. The van der Waals surface area contributed by atoms with E-state index in [0.29, 0.717) is 28.6 Å². The summed E-state index contributed by atoms with van der Waals surface area (Å²) in [6.07, 6.45) is 8.54. The van der Waals surface area contributed by atoms with E-state index in [2.05, 4.69) is 77.6 Å². The van der Waals surface area contributed by atoms with Crippen LogP contribution >= 0.6 is 0 Å². The Balaban J connectivity index is 1.13. The van der Waals surface area contributed by atoms with Gasteiger partial charge in [0.1, 0.15) is 0 Å². The molecule has 0 N–H and O–H groups in total. The van der Waals surface area contributed by atoms with Crippen molar-refractivity contribution in [2.24, 2.45) is 17.8 Å². The van der Waals surface area contributed by atoms with Crippen molar-refractivity contribution in [2.75, 3.05) is 0 Å². The molecule has 48 heavy (non-hydrogen) atoms. The van der Waals surface area contributed by atoms with Crippen molar-refractivity contribution >= 4 is 5.69 Å². The molecular weight excluding hydrogens is 585 g/mol. The summed E-state index contributed by atoms with van der Waals surface area (Å²) in [7, 11) is 0. The van der Waals surface area contributed by atoms with Gasteiger partial charge in [0.2, 0.25) is 0 Å². The number of aromatic nitrogens is 3. The molecule has 0 saturated heterocycles. The van der Waals surface area contributed by atoms with E-state index < -0.39 is 0 Å². The summed E-state index contributed by atoms with van der Waals surface area (Å²) in [5.74, 6) is 4.63. The minimum absolute atomic E-state index is 0.391. The fraction of sp³-hybridized carbons (Fsp3) is 0.227. The Kier molecular flexibility index (Phi) is 7.01. The summed E-state index contributed by atoms with van der Waals surface area (Å²) < 4.78 is 0. The van der Waals surface area contributed by atoms with Crippen LogP contribution in [0, 0.1) is 24.3 Å². The SMILES string of the molecule is [C-]#[N+]c1ccc(-c2nc(-c3ccccc3)nc(-c3ccc(-c4ccc(C56CC7CC(CC(C7)C5)C6)cc4)c(-c4ccccc4)c3)n2)cc1. The van der Waals surface area contributed by atoms with Crippen molar-refractivity contribution < 1.29 is 0 Å². The Morgan fingerprint density at radius 3 is 1.50 bits per heavy atom. The molecule has 1 heterocycles. The molecule has 0 unspecified atom stereocenters. The molecule has 4 aliphatic rings. The van der Waals surface area contributed by atoms with Gasteiger partial charge in [-0.1, -0.05) is 121 Å². The van der Waals surface area contributed by atoms with E-state index in [1.807, 2.05) is 54.6 Å². The predicted octanol–water partition coefficient (Wildman–Crippen LogP) is 11.2. The molecule has 232 valence electrons. The molecule has 4 saturated carbocycles. The van der Waals surface area contributed by atoms with Gasteiger partial charge in [0.05, 0.1) is 6.57 Å². The minimum atomic E-state index is 0.391. The lowest BCUT2D eigenvalue weighted by atomic mass is 9.48. The maximum atomic E-state index is 7.36. The molecule has 4 nitrogen and oxygen atoms in total. The molecule has 5 aromatic carbocycles. The molecule has 0 spiro atoms. The van der Waals surface area contributed by atoms with Gasteiger partial charge < -0.3 is 0 Å². The van der Waals surface area contributed by atoms with Gasteiger partial charge in [0.15, 0.2) is 23.2 Å². The highest BCUT2D eigenvalue weighted by Crippen LogP contribution is 2.60. The zero-order chi connectivity index (χ0) is 32.1. The van der Waals surface area contributed by atoms with E-state index in [1.165, 1.54) is 49.7 Å². The molecule has 0 atom stereocenters. The van der Waals surface area contributed by atoms with Crippen LogP contribution in [0.1, 0.15) is 44.1 Å². The Hall–Kier alpha value is -5.40. The Bertz CT molecular complexity index is 2110. The van der Waals surface area contributed by atoms with Crippen LogP contribution in [0.5, 0.6) is 0 Å². The van der Waals surface area contributed by atoms with Crippen molar-refractivity contribution in [3.8, 4) is 56.4 Å². The Labute approximate surface area is 282 Å². The molecular formula is C44H36N4. The molecule has 1 aromatic heterocycles. The monoisotopic (exact) mass is 620 g/mol. The molecule has 4 aliphatic carbocycles. The zero-order valence-electron chi connectivity index (χ0n) is 26.9. The van der Waals surface area contributed by atoms with E-state index in [4.69, 9.17) is 21.5 Å². The van der Waals surface area contributed by atoms with E-state index in [9.17, 15) is 0 Å². The number of benzene rings is 5. The average molecular weight is 621 g/mol. The van der Waals surface area contributed by atoms with Crippen LogP contribution in [0.15, 0.2) is 127 Å². The standard InChI is InChI=1S/C44H36N4/c1-45-38-19-14-35(15-20-38)42-46-41(34-10-6-3-7-11-34)47-43(48-42)36-16-21-39(40(25-36)32-8-4-2-5-9-32)33-12-17-37(18-13-33)44-26-29-22-30(27-44)24-31(23-29)28-44/h2-21,25,29-31H,22-24,26-28H2. The zero-order valence-corrected chi connectivity index (χ0v) is 26.9. The second-order valence-corrected chi connectivity index (χ2v) is 14.2. The minimum Gasteiger partial charge on any atom is -0.238 e. The van der Waals surface area contributed by atoms with Crippen LogP contribution in [-0.4, -0.2) is 15.0 Å². The van der Waals surface area contributed by atoms with Gasteiger partial charge in [0, 0.05) is 16.7 Å². The van der Waals surface area contributed by atoms with Crippen molar-refractivity contribution in [1.82, 2.24) is 15.0 Å². The van der Waals surface area contributed by atoms with Gasteiger partial charge in [-0.3, -0.25) is 0 Å². The maximum Gasteiger partial charge on any atom is 0.187 e. The highest BCUT2D eigenvalue weighted by atomic mass is 15.0. The third kappa shape index (κ3) is 5.20. The van der Waals surface area contributed by atoms with Gasteiger partial charge in [0.25, 0.3) is 0 Å². The first kappa shape index (κ1) is 28.8. The molecule has 10 rings (SSSR count). The predicted molar refractivity (Wildman–Crippen MR) is 193 cm³/mol. The molecule has 0 aliphatic heterocycles. The van der Waals surface area contributed by atoms with Crippen molar-refractivity contribution in [2.45, 2.75) is 43.9 Å². The topological polar surface area (TPSA) is 43.0 Å². The van der Waals surface area contributed by atoms with Crippen LogP contribution in [0.4, 0.5) is 5.69 Å². The first-order chi connectivity index (χ1) is 23.6. The summed E-state index contributed by atoms with van der Waals surface area (Å²) in [4.78, 5) is 18.4. The van der Waals surface area contributed by atoms with Crippen molar-refractivity contribution in [1.29, 1.82) is 0 Å². The fourth-order valence-electron chi connectivity index (χ4n) is 9.29. The molecule has 0 radical (unpaired) electrons. The fourth-order valence-corrected chi connectivity index (χ4v) is 9.29. The average Bonchev–Trinajstić information content (AvgIpc) is 3.15. The van der Waals surface area contributed by atoms with Crippen molar-refractivity contribution in [3.05, 3.63) is 144 Å². The van der Waals surface area contributed by atoms with Gasteiger partial charge in [-0.2, -0.15) is 0 Å². The van der Waals surface area contributed by atoms with Crippen molar-refractivity contribution in [3.63, 3.8) is 0 Å². The second kappa shape index (κ2) is 11.7. The highest BCUT2D eigenvalue weighted by Gasteiger charge is 2.51. The molecule has 6 aromatic rings. The van der Waals surface area contributed by atoms with Crippen LogP contribution < -0.4 is 0 Å². The summed E-state index contributed by atoms with van der Waals surface area (Å²) >= 11 is 0.